The minimum absolute atomic E-state index is 0.0195. The Morgan fingerprint density at radius 1 is 1.26 bits per heavy atom. The third-order valence-electron chi connectivity index (χ3n) is 6.48. The molecule has 0 saturated carbocycles. The van der Waals surface area contributed by atoms with Crippen LogP contribution in [0.4, 0.5) is 14.0 Å². The molecule has 0 radical (unpaired) electrons. The fraction of sp³-hybridized carbons (Fsp3) is 0.542. The number of rotatable bonds is 8. The van der Waals surface area contributed by atoms with Crippen LogP contribution in [0.1, 0.15) is 24.4 Å². The molecular formula is C24H31FN6O7. The van der Waals surface area contributed by atoms with Crippen LogP contribution >= 0.6 is 0 Å². The van der Waals surface area contributed by atoms with Crippen LogP contribution in [0.3, 0.4) is 0 Å². The van der Waals surface area contributed by atoms with Crippen molar-refractivity contribution >= 4 is 24.0 Å². The van der Waals surface area contributed by atoms with E-state index in [4.69, 9.17) is 14.0 Å². The summed E-state index contributed by atoms with van der Waals surface area (Å²) in [5.74, 6) is -0.748. The summed E-state index contributed by atoms with van der Waals surface area (Å²) in [6, 6.07) is 0.106. The van der Waals surface area contributed by atoms with E-state index in [9.17, 15) is 19.2 Å². The van der Waals surface area contributed by atoms with E-state index >= 15 is 4.39 Å². The molecule has 206 valence electrons. The Hall–Kier alpha value is -3.94. The molecule has 1 aromatic rings. The van der Waals surface area contributed by atoms with Gasteiger partial charge in [-0.25, -0.2) is 14.0 Å². The molecule has 1 aromatic heterocycles. The lowest BCUT2D eigenvalue weighted by Gasteiger charge is -2.40. The maximum Gasteiger partial charge on any atom is 0.414 e. The molecule has 4 atom stereocenters. The van der Waals surface area contributed by atoms with Gasteiger partial charge in [0, 0.05) is 37.9 Å². The van der Waals surface area contributed by atoms with Gasteiger partial charge in [-0.1, -0.05) is 11.2 Å². The first-order valence-electron chi connectivity index (χ1n) is 12.4. The van der Waals surface area contributed by atoms with Gasteiger partial charge in [-0.15, -0.1) is 0 Å². The Morgan fingerprint density at radius 2 is 2.03 bits per heavy atom. The van der Waals surface area contributed by atoms with Crippen molar-refractivity contribution in [1.29, 1.82) is 0 Å². The number of amides is 4. The zero-order valence-electron chi connectivity index (χ0n) is 21.2. The topological polar surface area (TPSA) is 147 Å². The molecule has 2 fully saturated rings. The zero-order valence-corrected chi connectivity index (χ0v) is 21.2. The fourth-order valence-corrected chi connectivity index (χ4v) is 4.52. The highest BCUT2D eigenvalue weighted by molar-refractivity contribution is 5.95. The van der Waals surface area contributed by atoms with Crippen LogP contribution in [0.5, 0.6) is 0 Å². The summed E-state index contributed by atoms with van der Waals surface area (Å²) in [5, 5.41) is 8.59. The van der Waals surface area contributed by atoms with Crippen LogP contribution in [-0.2, 0) is 14.3 Å². The van der Waals surface area contributed by atoms with Crippen LogP contribution in [0.25, 0.3) is 0 Å². The summed E-state index contributed by atoms with van der Waals surface area (Å²) in [7, 11) is 0. The molecule has 38 heavy (non-hydrogen) atoms. The second kappa shape index (κ2) is 12.1. The van der Waals surface area contributed by atoms with E-state index in [0.717, 1.165) is 0 Å². The highest BCUT2D eigenvalue weighted by Crippen LogP contribution is 2.26. The molecule has 2 aliphatic heterocycles. The molecule has 13 nitrogen and oxygen atoms in total. The number of cyclic esters (lactones) is 1. The van der Waals surface area contributed by atoms with Gasteiger partial charge in [-0.2, -0.15) is 0 Å². The van der Waals surface area contributed by atoms with Gasteiger partial charge in [0.15, 0.2) is 0 Å². The molecule has 0 spiro atoms. The molecule has 3 heterocycles. The first-order valence-corrected chi connectivity index (χ1v) is 12.4. The molecular weight excluding hydrogens is 503 g/mol. The summed E-state index contributed by atoms with van der Waals surface area (Å²) in [6.45, 7) is 5.41. The summed E-state index contributed by atoms with van der Waals surface area (Å²) in [6.07, 6.45) is 2.95. The van der Waals surface area contributed by atoms with Gasteiger partial charge >= 0.3 is 12.2 Å². The number of hydrogen-bond donors (Lipinski definition) is 2. The minimum Gasteiger partial charge on any atom is -0.450 e. The maximum atomic E-state index is 15.2. The van der Waals surface area contributed by atoms with Gasteiger partial charge in [0.2, 0.25) is 11.7 Å². The molecule has 2 saturated heterocycles. The van der Waals surface area contributed by atoms with E-state index in [1.54, 1.807) is 30.9 Å². The molecule has 2 N–H and O–H groups in total. The van der Waals surface area contributed by atoms with Crippen molar-refractivity contribution in [3.05, 3.63) is 41.9 Å². The average Bonchev–Trinajstić information content (AvgIpc) is 3.57. The lowest BCUT2D eigenvalue weighted by atomic mass is 10.0. The van der Waals surface area contributed by atoms with Crippen molar-refractivity contribution in [2.75, 3.05) is 45.9 Å². The SMILES string of the molecule is CCOC(=O)NCC1CN(C2=CC(F)C(N3CCN(C(=O)C(C)NC(=O)c4ccno4)CC3)C=C2)C(=O)O1. The summed E-state index contributed by atoms with van der Waals surface area (Å²) in [5.41, 5.74) is 0.391. The number of carbonyl (C=O) groups is 4. The van der Waals surface area contributed by atoms with E-state index in [1.165, 1.54) is 23.2 Å². The number of alkyl carbamates (subject to hydrolysis) is 1. The summed E-state index contributed by atoms with van der Waals surface area (Å²) < 4.78 is 30.1. The quantitative estimate of drug-likeness (QED) is 0.491. The number of aromatic nitrogens is 1. The van der Waals surface area contributed by atoms with E-state index in [2.05, 4.69) is 15.8 Å². The Labute approximate surface area is 218 Å². The molecule has 3 aliphatic rings. The van der Waals surface area contributed by atoms with Gasteiger partial charge < -0.3 is 29.5 Å². The van der Waals surface area contributed by atoms with E-state index in [0.29, 0.717) is 31.9 Å². The van der Waals surface area contributed by atoms with E-state index in [1.807, 2.05) is 4.90 Å². The van der Waals surface area contributed by atoms with Crippen LogP contribution < -0.4 is 10.6 Å². The standard InChI is InChI=1S/C24H31FN6O7/c1-3-36-23(34)26-13-17-14-31(24(35)37-17)16-4-5-19(18(25)12-16)29-8-10-30(11-9-29)22(33)15(2)28-21(32)20-6-7-27-38-20/h4-7,12,15,17-19H,3,8-11,13-14H2,1-2H3,(H,26,34)(H,28,32). The Morgan fingerprint density at radius 3 is 2.68 bits per heavy atom. The zero-order chi connectivity index (χ0) is 27.2. The van der Waals surface area contributed by atoms with Gasteiger partial charge in [0.25, 0.3) is 5.91 Å². The predicted molar refractivity (Wildman–Crippen MR) is 129 cm³/mol. The van der Waals surface area contributed by atoms with Crippen molar-refractivity contribution in [2.45, 2.75) is 38.2 Å². The van der Waals surface area contributed by atoms with Gasteiger partial charge in [-0.05, 0) is 26.0 Å². The van der Waals surface area contributed by atoms with Crippen molar-refractivity contribution in [3.8, 4) is 0 Å². The Kier molecular flexibility index (Phi) is 8.61. The third kappa shape index (κ3) is 6.30. The molecule has 4 amide bonds. The number of ether oxygens (including phenoxy) is 2. The monoisotopic (exact) mass is 534 g/mol. The van der Waals surface area contributed by atoms with Gasteiger partial charge in [-0.3, -0.25) is 19.4 Å². The Bertz CT molecular complexity index is 1090. The van der Waals surface area contributed by atoms with E-state index in [-0.39, 0.29) is 31.4 Å². The average molecular weight is 535 g/mol. The smallest absolute Gasteiger partial charge is 0.414 e. The molecule has 1 aliphatic carbocycles. The lowest BCUT2D eigenvalue weighted by molar-refractivity contribution is -0.134. The predicted octanol–water partition coefficient (Wildman–Crippen LogP) is 0.664. The normalized spacial score (nSPS) is 24.4. The molecule has 14 heteroatoms. The van der Waals surface area contributed by atoms with E-state index < -0.39 is 42.5 Å². The number of carbonyl (C=O) groups excluding carboxylic acids is 4. The van der Waals surface area contributed by atoms with Gasteiger partial charge in [0.1, 0.15) is 18.3 Å². The van der Waals surface area contributed by atoms with Crippen molar-refractivity contribution in [3.63, 3.8) is 0 Å². The number of nitrogens with zero attached hydrogens (tertiary/aromatic N) is 4. The van der Waals surface area contributed by atoms with Crippen molar-refractivity contribution in [1.82, 2.24) is 30.5 Å². The molecule has 0 aromatic carbocycles. The van der Waals surface area contributed by atoms with Crippen LogP contribution in [0.15, 0.2) is 40.7 Å². The first kappa shape index (κ1) is 27.1. The Balaban J connectivity index is 1.24. The number of halogens is 1. The highest BCUT2D eigenvalue weighted by Gasteiger charge is 2.37. The maximum absolute atomic E-state index is 15.2. The third-order valence-corrected chi connectivity index (χ3v) is 6.48. The molecule has 4 rings (SSSR count). The number of piperazine rings is 1. The van der Waals surface area contributed by atoms with Crippen LogP contribution in [0.2, 0.25) is 0 Å². The molecule has 0 bridgehead atoms. The highest BCUT2D eigenvalue weighted by atomic mass is 19.1. The largest absolute Gasteiger partial charge is 0.450 e. The molecule has 4 unspecified atom stereocenters. The van der Waals surface area contributed by atoms with Gasteiger partial charge in [0.05, 0.1) is 31.9 Å². The second-order valence-corrected chi connectivity index (χ2v) is 9.04. The van der Waals surface area contributed by atoms with Crippen LogP contribution in [0, 0.1) is 0 Å². The van der Waals surface area contributed by atoms with Crippen molar-refractivity contribution < 1.29 is 37.6 Å². The summed E-state index contributed by atoms with van der Waals surface area (Å²) >= 11 is 0. The van der Waals surface area contributed by atoms with Crippen molar-refractivity contribution in [2.24, 2.45) is 0 Å². The number of allylic oxidation sites excluding steroid dienone is 1. The second-order valence-electron chi connectivity index (χ2n) is 9.04. The van der Waals surface area contributed by atoms with Crippen LogP contribution in [-0.4, -0.2) is 114 Å². The number of hydrogen-bond acceptors (Lipinski definition) is 9. The number of nitrogens with one attached hydrogen (secondary N) is 2. The lowest BCUT2D eigenvalue weighted by Crippen LogP contribution is -2.57. The fourth-order valence-electron chi connectivity index (χ4n) is 4.52. The minimum atomic E-state index is -1.37. The summed E-state index contributed by atoms with van der Waals surface area (Å²) in [4.78, 5) is 53.6. The number of alkyl halides is 1. The first-order chi connectivity index (χ1) is 18.3.